The van der Waals surface area contributed by atoms with Crippen LogP contribution in [0.25, 0.3) is 0 Å². The Morgan fingerprint density at radius 3 is 2.56 bits per heavy atom. The van der Waals surface area contributed by atoms with Crippen LogP contribution in [0.3, 0.4) is 0 Å². The fourth-order valence-electron chi connectivity index (χ4n) is 5.44. The van der Waals surface area contributed by atoms with Gasteiger partial charge in [-0.25, -0.2) is 0 Å². The van der Waals surface area contributed by atoms with Crippen LogP contribution >= 0.6 is 11.3 Å². The van der Waals surface area contributed by atoms with Crippen LogP contribution in [0, 0.1) is 11.8 Å². The van der Waals surface area contributed by atoms with Crippen molar-refractivity contribution in [3.63, 3.8) is 0 Å². The van der Waals surface area contributed by atoms with E-state index in [0.29, 0.717) is 12.8 Å². The molecule has 0 amide bonds. The van der Waals surface area contributed by atoms with Crippen molar-refractivity contribution in [1.82, 2.24) is 0 Å². The molecule has 7 unspecified atom stereocenters. The summed E-state index contributed by atoms with van der Waals surface area (Å²) in [5, 5.41) is 12.8. The van der Waals surface area contributed by atoms with Crippen molar-refractivity contribution < 1.29 is 28.8 Å². The van der Waals surface area contributed by atoms with Gasteiger partial charge in [-0.05, 0) is 74.6 Å². The largest absolute Gasteiger partial charge is 0.393 e. The van der Waals surface area contributed by atoms with E-state index in [0.717, 1.165) is 77.3 Å². The average Bonchev–Trinajstić information content (AvgIpc) is 3.42. The summed E-state index contributed by atoms with van der Waals surface area (Å²) in [6.07, 6.45) is 9.91. The normalized spacial score (nSPS) is 34.4. The summed E-state index contributed by atoms with van der Waals surface area (Å²) in [7, 11) is 0. The Hall–Kier alpha value is -0.830. The van der Waals surface area contributed by atoms with E-state index in [2.05, 4.69) is 17.5 Å². The fourth-order valence-corrected chi connectivity index (χ4v) is 6.22. The molecule has 1 N–H and O–H groups in total. The smallest absolute Gasteiger partial charge is 0.157 e. The highest BCUT2D eigenvalue weighted by molar-refractivity contribution is 7.09. The van der Waals surface area contributed by atoms with Crippen LogP contribution in [0.15, 0.2) is 17.5 Å². The number of rotatable bonds is 11. The van der Waals surface area contributed by atoms with Gasteiger partial charge in [-0.2, -0.15) is 0 Å². The molecule has 1 aromatic heterocycles. The SMILES string of the molecule is O=CCC1C(O)CC(OC2CCCCO2)C1CCC(Cc1cccs1)OC1CCCCO1. The molecule has 1 aromatic rings. The topological polar surface area (TPSA) is 74.2 Å². The van der Waals surface area contributed by atoms with Gasteiger partial charge >= 0.3 is 0 Å². The zero-order chi connectivity index (χ0) is 22.2. The molecule has 3 heterocycles. The second-order valence-electron chi connectivity index (χ2n) is 9.42. The predicted octanol–water partition coefficient (Wildman–Crippen LogP) is 4.48. The number of carbonyl (C=O) groups excluding carboxylic acids is 1. The van der Waals surface area contributed by atoms with E-state index in [1.807, 2.05) is 0 Å². The highest BCUT2D eigenvalue weighted by Gasteiger charge is 2.44. The molecule has 2 aliphatic heterocycles. The molecule has 0 spiro atoms. The summed E-state index contributed by atoms with van der Waals surface area (Å²) in [5.41, 5.74) is 0. The minimum Gasteiger partial charge on any atom is -0.393 e. The van der Waals surface area contributed by atoms with E-state index in [9.17, 15) is 9.90 Å². The average molecular weight is 467 g/mol. The number of thiophene rings is 1. The van der Waals surface area contributed by atoms with Gasteiger partial charge in [0, 0.05) is 37.4 Å². The number of hydrogen-bond acceptors (Lipinski definition) is 7. The van der Waals surface area contributed by atoms with Crippen molar-refractivity contribution in [2.45, 2.75) is 102 Å². The molecule has 180 valence electrons. The van der Waals surface area contributed by atoms with Crippen LogP contribution in [0.5, 0.6) is 0 Å². The highest BCUT2D eigenvalue weighted by Crippen LogP contribution is 2.41. The molecule has 2 saturated heterocycles. The maximum absolute atomic E-state index is 11.3. The Morgan fingerprint density at radius 2 is 1.91 bits per heavy atom. The predicted molar refractivity (Wildman–Crippen MR) is 122 cm³/mol. The monoisotopic (exact) mass is 466 g/mol. The molecule has 0 radical (unpaired) electrons. The lowest BCUT2D eigenvalue weighted by Crippen LogP contribution is -2.33. The van der Waals surface area contributed by atoms with Crippen molar-refractivity contribution in [2.75, 3.05) is 13.2 Å². The molecule has 0 bridgehead atoms. The molecule has 32 heavy (non-hydrogen) atoms. The number of aliphatic hydroxyl groups excluding tert-OH is 1. The van der Waals surface area contributed by atoms with Crippen molar-refractivity contribution in [3.8, 4) is 0 Å². The van der Waals surface area contributed by atoms with Crippen molar-refractivity contribution >= 4 is 17.6 Å². The van der Waals surface area contributed by atoms with E-state index < -0.39 is 6.10 Å². The third kappa shape index (κ3) is 6.84. The molecule has 7 heteroatoms. The van der Waals surface area contributed by atoms with Gasteiger partial charge in [-0.1, -0.05) is 6.07 Å². The maximum atomic E-state index is 11.3. The van der Waals surface area contributed by atoms with Crippen LogP contribution in [0.4, 0.5) is 0 Å². The summed E-state index contributed by atoms with van der Waals surface area (Å²) in [6.45, 7) is 1.50. The standard InChI is InChI=1S/C25H38O6S/c26-12-11-20-21(23(17-22(20)27)31-25-8-2-4-14-29-25)10-9-18(16-19-6-5-15-32-19)30-24-7-1-3-13-28-24/h5-6,12,15,18,20-25,27H,1-4,7-11,13-14,16-17H2. The summed E-state index contributed by atoms with van der Waals surface area (Å²) >= 11 is 1.76. The van der Waals surface area contributed by atoms with Gasteiger partial charge in [0.2, 0.25) is 0 Å². The number of aldehydes is 1. The summed E-state index contributed by atoms with van der Waals surface area (Å²) in [6, 6.07) is 4.24. The molecule has 0 aromatic carbocycles. The first-order valence-corrected chi connectivity index (χ1v) is 13.3. The van der Waals surface area contributed by atoms with Gasteiger partial charge in [0.25, 0.3) is 0 Å². The zero-order valence-corrected chi connectivity index (χ0v) is 19.8. The number of ether oxygens (including phenoxy) is 4. The van der Waals surface area contributed by atoms with Crippen LogP contribution in [-0.4, -0.2) is 55.5 Å². The van der Waals surface area contributed by atoms with E-state index in [-0.39, 0.29) is 36.6 Å². The summed E-state index contributed by atoms with van der Waals surface area (Å²) in [5.74, 6) is 0.0665. The highest BCUT2D eigenvalue weighted by atomic mass is 32.1. The lowest BCUT2D eigenvalue weighted by molar-refractivity contribution is -0.200. The zero-order valence-electron chi connectivity index (χ0n) is 18.9. The van der Waals surface area contributed by atoms with E-state index in [1.165, 1.54) is 4.88 Å². The Kier molecular flexibility index (Phi) is 9.55. The second-order valence-corrected chi connectivity index (χ2v) is 10.5. The molecular weight excluding hydrogens is 428 g/mol. The van der Waals surface area contributed by atoms with E-state index >= 15 is 0 Å². The summed E-state index contributed by atoms with van der Waals surface area (Å²) < 4.78 is 24.4. The Balaban J connectivity index is 1.40. The van der Waals surface area contributed by atoms with Crippen LogP contribution in [-0.2, 0) is 30.2 Å². The Labute approximate surface area is 195 Å². The van der Waals surface area contributed by atoms with Gasteiger partial charge in [0.15, 0.2) is 12.6 Å². The molecule has 3 fully saturated rings. The molecule has 1 saturated carbocycles. The third-order valence-corrected chi connectivity index (χ3v) is 8.04. The van der Waals surface area contributed by atoms with Gasteiger partial charge in [0.1, 0.15) is 6.29 Å². The first-order chi connectivity index (χ1) is 15.7. The quantitative estimate of drug-likeness (QED) is 0.485. The molecule has 6 nitrogen and oxygen atoms in total. The molecule has 4 rings (SSSR count). The minimum absolute atomic E-state index is 0.0537. The van der Waals surface area contributed by atoms with Gasteiger partial charge in [-0.3, -0.25) is 0 Å². The van der Waals surface area contributed by atoms with Gasteiger partial charge in [0.05, 0.1) is 18.3 Å². The fraction of sp³-hybridized carbons (Fsp3) is 0.800. The lowest BCUT2D eigenvalue weighted by atomic mass is 9.86. The second kappa shape index (κ2) is 12.6. The Bertz CT molecular complexity index is 655. The van der Waals surface area contributed by atoms with E-state index in [4.69, 9.17) is 18.9 Å². The number of aliphatic hydroxyl groups is 1. The molecular formula is C25H38O6S. The molecule has 3 aliphatic rings. The van der Waals surface area contributed by atoms with Gasteiger partial charge in [-0.15, -0.1) is 11.3 Å². The van der Waals surface area contributed by atoms with E-state index in [1.54, 1.807) is 11.3 Å². The molecule has 1 aliphatic carbocycles. The van der Waals surface area contributed by atoms with Crippen LogP contribution in [0.1, 0.15) is 69.1 Å². The van der Waals surface area contributed by atoms with Gasteiger partial charge < -0.3 is 28.8 Å². The number of hydrogen-bond donors (Lipinski definition) is 1. The van der Waals surface area contributed by atoms with Crippen molar-refractivity contribution in [2.24, 2.45) is 11.8 Å². The third-order valence-electron chi connectivity index (χ3n) is 7.14. The lowest BCUT2D eigenvalue weighted by Gasteiger charge is -2.32. The van der Waals surface area contributed by atoms with Crippen molar-refractivity contribution in [1.29, 1.82) is 0 Å². The Morgan fingerprint density at radius 1 is 1.12 bits per heavy atom. The molecule has 7 atom stereocenters. The first kappa shape index (κ1) is 24.3. The van der Waals surface area contributed by atoms with Crippen molar-refractivity contribution in [3.05, 3.63) is 22.4 Å². The van der Waals surface area contributed by atoms with Crippen LogP contribution in [0.2, 0.25) is 0 Å². The number of carbonyl (C=O) groups is 1. The first-order valence-electron chi connectivity index (χ1n) is 12.4. The van der Waals surface area contributed by atoms with Crippen LogP contribution < -0.4 is 0 Å². The summed E-state index contributed by atoms with van der Waals surface area (Å²) in [4.78, 5) is 12.7. The minimum atomic E-state index is -0.503. The maximum Gasteiger partial charge on any atom is 0.157 e.